The van der Waals surface area contributed by atoms with E-state index >= 15 is 0 Å². The summed E-state index contributed by atoms with van der Waals surface area (Å²) in [6.07, 6.45) is 32.0. The molecule has 10 heteroatoms. The van der Waals surface area contributed by atoms with E-state index in [9.17, 15) is 19.5 Å². The molecule has 0 saturated carbocycles. The first-order valence-electron chi connectivity index (χ1n) is 19.6. The standard InChI is InChI=1S/C38H71N3O6S/c1-3-5-7-9-11-13-15-17-19-21-23-25-27-29-36(42)46-31-34(32-48-33-35(38(44)45)40-41-39)47-37(43)30-28-26-24-22-20-18-16-14-12-10-8-6-4-2/h34-35H,3-33H2,1-2H3,(H,44,45)/t34-,35-/m0/s1. The number of carbonyl (C=O) groups excluding carboxylic acids is 2. The zero-order valence-electron chi connectivity index (χ0n) is 30.8. The Bertz CT molecular complexity index is 822. The van der Waals surface area contributed by atoms with Crippen molar-refractivity contribution in [3.63, 3.8) is 0 Å². The van der Waals surface area contributed by atoms with Gasteiger partial charge in [0, 0.05) is 29.3 Å². The molecule has 0 aromatic rings. The van der Waals surface area contributed by atoms with Gasteiger partial charge in [0.25, 0.3) is 0 Å². The van der Waals surface area contributed by atoms with Crippen LogP contribution in [0.2, 0.25) is 0 Å². The molecule has 0 rings (SSSR count). The third-order valence-electron chi connectivity index (χ3n) is 8.75. The summed E-state index contributed by atoms with van der Waals surface area (Å²) in [5.41, 5.74) is 8.63. The van der Waals surface area contributed by atoms with Crippen LogP contribution in [0.3, 0.4) is 0 Å². The highest BCUT2D eigenvalue weighted by molar-refractivity contribution is 7.99. The van der Waals surface area contributed by atoms with Crippen LogP contribution >= 0.6 is 11.8 Å². The van der Waals surface area contributed by atoms with Gasteiger partial charge in [-0.25, -0.2) is 0 Å². The van der Waals surface area contributed by atoms with Crippen molar-refractivity contribution in [3.8, 4) is 0 Å². The van der Waals surface area contributed by atoms with E-state index in [0.717, 1.165) is 38.5 Å². The van der Waals surface area contributed by atoms with Gasteiger partial charge in [0.05, 0.1) is 0 Å². The Morgan fingerprint density at radius 3 is 1.35 bits per heavy atom. The Morgan fingerprint density at radius 1 is 0.604 bits per heavy atom. The molecule has 0 unspecified atom stereocenters. The smallest absolute Gasteiger partial charge is 0.313 e. The van der Waals surface area contributed by atoms with Crippen LogP contribution in [0.25, 0.3) is 10.4 Å². The molecule has 9 nitrogen and oxygen atoms in total. The first-order chi connectivity index (χ1) is 23.4. The predicted molar refractivity (Wildman–Crippen MR) is 199 cm³/mol. The maximum absolute atomic E-state index is 12.6. The van der Waals surface area contributed by atoms with Crippen molar-refractivity contribution < 1.29 is 29.0 Å². The van der Waals surface area contributed by atoms with Crippen LogP contribution in [0.15, 0.2) is 5.11 Å². The number of ether oxygens (including phenoxy) is 2. The van der Waals surface area contributed by atoms with Crippen molar-refractivity contribution >= 4 is 29.7 Å². The number of aliphatic carboxylic acids is 1. The lowest BCUT2D eigenvalue weighted by Gasteiger charge is -2.18. The van der Waals surface area contributed by atoms with Crippen LogP contribution in [0, 0.1) is 0 Å². The zero-order valence-corrected chi connectivity index (χ0v) is 31.6. The minimum Gasteiger partial charge on any atom is -0.481 e. The lowest BCUT2D eigenvalue weighted by atomic mass is 10.0. The number of carboxylic acid groups (broad SMARTS) is 1. The fourth-order valence-corrected chi connectivity index (χ4v) is 6.72. The van der Waals surface area contributed by atoms with E-state index in [-0.39, 0.29) is 30.1 Å². The highest BCUT2D eigenvalue weighted by Gasteiger charge is 2.20. The van der Waals surface area contributed by atoms with Crippen LogP contribution < -0.4 is 0 Å². The van der Waals surface area contributed by atoms with Crippen LogP contribution in [0.5, 0.6) is 0 Å². The lowest BCUT2D eigenvalue weighted by Crippen LogP contribution is -2.29. The second kappa shape index (κ2) is 36.4. The van der Waals surface area contributed by atoms with Gasteiger partial charge in [-0.2, -0.15) is 11.8 Å². The topological polar surface area (TPSA) is 139 Å². The summed E-state index contributed by atoms with van der Waals surface area (Å²) in [6.45, 7) is 4.44. The number of carboxylic acids is 1. The Hall–Kier alpha value is -1.93. The quantitative estimate of drug-likeness (QED) is 0.0224. The fraction of sp³-hybridized carbons (Fsp3) is 0.921. The second-order valence-corrected chi connectivity index (χ2v) is 14.5. The number of nitrogens with zero attached hydrogens (tertiary/aromatic N) is 3. The largest absolute Gasteiger partial charge is 0.481 e. The van der Waals surface area contributed by atoms with Gasteiger partial charge >= 0.3 is 17.9 Å². The minimum atomic E-state index is -1.21. The van der Waals surface area contributed by atoms with Crippen LogP contribution in [0.1, 0.15) is 194 Å². The van der Waals surface area contributed by atoms with Gasteiger partial charge in [-0.1, -0.05) is 173 Å². The van der Waals surface area contributed by atoms with E-state index in [2.05, 4.69) is 23.9 Å². The van der Waals surface area contributed by atoms with Gasteiger partial charge < -0.3 is 14.6 Å². The Labute approximate surface area is 297 Å². The number of hydrogen-bond donors (Lipinski definition) is 1. The van der Waals surface area contributed by atoms with Gasteiger partial charge in [0.15, 0.2) is 0 Å². The van der Waals surface area contributed by atoms with Gasteiger partial charge in [-0.15, -0.1) is 0 Å². The molecular weight excluding hydrogens is 626 g/mol. The molecule has 0 aromatic carbocycles. The number of unbranched alkanes of at least 4 members (excludes halogenated alkanes) is 24. The fourth-order valence-electron chi connectivity index (χ4n) is 5.72. The van der Waals surface area contributed by atoms with E-state index < -0.39 is 18.1 Å². The molecule has 0 spiro atoms. The summed E-state index contributed by atoms with van der Waals surface area (Å²) in [6, 6.07) is -1.21. The monoisotopic (exact) mass is 698 g/mol. The van der Waals surface area contributed by atoms with E-state index in [0.29, 0.717) is 12.8 Å². The summed E-state index contributed by atoms with van der Waals surface area (Å²) in [7, 11) is 0. The number of carbonyl (C=O) groups is 3. The lowest BCUT2D eigenvalue weighted by molar-refractivity contribution is -0.157. The predicted octanol–water partition coefficient (Wildman–Crippen LogP) is 11.9. The summed E-state index contributed by atoms with van der Waals surface area (Å²) in [5, 5.41) is 12.5. The van der Waals surface area contributed by atoms with Crippen molar-refractivity contribution in [2.24, 2.45) is 5.11 Å². The summed E-state index contributed by atoms with van der Waals surface area (Å²) in [5.74, 6) is -1.56. The maximum Gasteiger partial charge on any atom is 0.313 e. The molecule has 0 amide bonds. The molecule has 0 aliphatic heterocycles. The highest BCUT2D eigenvalue weighted by Crippen LogP contribution is 2.16. The number of esters is 2. The molecule has 0 saturated heterocycles. The average molecular weight is 698 g/mol. The van der Waals surface area contributed by atoms with Gasteiger partial charge in [-0.3, -0.25) is 14.4 Å². The third kappa shape index (κ3) is 32.6. The maximum atomic E-state index is 12.6. The van der Waals surface area contributed by atoms with E-state index in [1.54, 1.807) is 0 Å². The van der Waals surface area contributed by atoms with Crippen molar-refractivity contribution in [3.05, 3.63) is 10.4 Å². The molecular formula is C38H71N3O6S. The minimum absolute atomic E-state index is 0.0409. The number of azide groups is 1. The SMILES string of the molecule is CCCCCCCCCCCCCCCC(=O)OC[C@@H](CSC[C@H](N=[N+]=[N-])C(=O)O)OC(=O)CCCCCCCCCCCCCCC. The molecule has 0 heterocycles. The number of hydrogen-bond acceptors (Lipinski definition) is 7. The van der Waals surface area contributed by atoms with Crippen LogP contribution in [0.4, 0.5) is 0 Å². The number of rotatable bonds is 37. The normalized spacial score (nSPS) is 12.3. The van der Waals surface area contributed by atoms with Crippen molar-refractivity contribution in [1.82, 2.24) is 0 Å². The summed E-state index contributed by atoms with van der Waals surface area (Å²) in [4.78, 5) is 38.9. The molecule has 0 aromatic heterocycles. The summed E-state index contributed by atoms with van der Waals surface area (Å²) < 4.78 is 11.1. The Kier molecular flexibility index (Phi) is 34.9. The third-order valence-corrected chi connectivity index (χ3v) is 9.91. The molecule has 0 aliphatic carbocycles. The first kappa shape index (κ1) is 46.1. The number of thioether (sulfide) groups is 1. The summed E-state index contributed by atoms with van der Waals surface area (Å²) >= 11 is 1.20. The van der Waals surface area contributed by atoms with E-state index in [1.165, 1.54) is 140 Å². The second-order valence-electron chi connectivity index (χ2n) is 13.4. The van der Waals surface area contributed by atoms with Crippen molar-refractivity contribution in [1.29, 1.82) is 0 Å². The van der Waals surface area contributed by atoms with Gasteiger partial charge in [-0.05, 0) is 18.4 Å². The molecule has 1 N–H and O–H groups in total. The molecule has 0 bridgehead atoms. The zero-order chi connectivity index (χ0) is 35.3. The Balaban J connectivity index is 4.24. The molecule has 280 valence electrons. The molecule has 0 fully saturated rings. The van der Waals surface area contributed by atoms with Crippen LogP contribution in [-0.4, -0.2) is 53.3 Å². The van der Waals surface area contributed by atoms with Crippen molar-refractivity contribution in [2.75, 3.05) is 18.1 Å². The van der Waals surface area contributed by atoms with Crippen molar-refractivity contribution in [2.45, 2.75) is 206 Å². The molecule has 0 aliphatic rings. The molecule has 2 atom stereocenters. The van der Waals surface area contributed by atoms with Gasteiger partial charge in [0.2, 0.25) is 0 Å². The molecule has 0 radical (unpaired) electrons. The molecule has 48 heavy (non-hydrogen) atoms. The average Bonchev–Trinajstić information content (AvgIpc) is 3.07. The van der Waals surface area contributed by atoms with E-state index in [1.807, 2.05) is 0 Å². The Morgan fingerprint density at radius 2 is 0.979 bits per heavy atom. The van der Waals surface area contributed by atoms with Gasteiger partial charge in [0.1, 0.15) is 18.8 Å². The first-order valence-corrected chi connectivity index (χ1v) is 20.8. The van der Waals surface area contributed by atoms with Crippen LogP contribution in [-0.2, 0) is 23.9 Å². The van der Waals surface area contributed by atoms with E-state index in [4.69, 9.17) is 15.0 Å². The highest BCUT2D eigenvalue weighted by atomic mass is 32.2.